The Hall–Kier alpha value is -2.51. The third-order valence-electron chi connectivity index (χ3n) is 5.68. The van der Waals surface area contributed by atoms with E-state index in [1.54, 1.807) is 0 Å². The van der Waals surface area contributed by atoms with Crippen LogP contribution in [0.2, 0.25) is 0 Å². The molecular formula is C21H26N6O. The maximum Gasteiger partial charge on any atom is 0.156 e. The summed E-state index contributed by atoms with van der Waals surface area (Å²) < 4.78 is 7.39. The largest absolute Gasteiger partial charge is 0.378 e. The fourth-order valence-electron chi connectivity index (χ4n) is 4.17. The lowest BCUT2D eigenvalue weighted by molar-refractivity contribution is 0.122. The number of hydrogen-bond acceptors (Lipinski definition) is 6. The zero-order chi connectivity index (χ0) is 18.9. The Balaban J connectivity index is 1.29. The lowest BCUT2D eigenvalue weighted by atomic mass is 10.1. The van der Waals surface area contributed by atoms with Crippen molar-refractivity contribution >= 4 is 11.3 Å². The lowest BCUT2D eigenvalue weighted by Crippen LogP contribution is -2.36. The van der Waals surface area contributed by atoms with Crippen LogP contribution in [-0.2, 0) is 11.3 Å². The molecule has 2 aliphatic heterocycles. The van der Waals surface area contributed by atoms with Crippen LogP contribution in [0.3, 0.4) is 0 Å². The number of pyridine rings is 2. The Bertz CT molecular complexity index is 964. The number of aromatic nitrogens is 4. The van der Waals surface area contributed by atoms with Gasteiger partial charge in [-0.05, 0) is 44.2 Å². The smallest absolute Gasteiger partial charge is 0.156 e. The van der Waals surface area contributed by atoms with Gasteiger partial charge in [-0.2, -0.15) is 5.10 Å². The van der Waals surface area contributed by atoms with Gasteiger partial charge in [-0.25, -0.2) is 9.50 Å². The van der Waals surface area contributed by atoms with Gasteiger partial charge >= 0.3 is 0 Å². The molecule has 0 unspecified atom stereocenters. The van der Waals surface area contributed by atoms with Gasteiger partial charge in [0.1, 0.15) is 0 Å². The molecule has 2 saturated heterocycles. The highest BCUT2D eigenvalue weighted by Crippen LogP contribution is 2.27. The number of aryl methyl sites for hydroxylation is 1. The molecule has 146 valence electrons. The molecule has 3 aromatic rings. The first-order chi connectivity index (χ1) is 13.7. The molecule has 0 aliphatic carbocycles. The van der Waals surface area contributed by atoms with Crippen LogP contribution >= 0.6 is 0 Å². The van der Waals surface area contributed by atoms with E-state index in [0.717, 1.165) is 75.2 Å². The molecule has 0 N–H and O–H groups in total. The molecule has 7 heteroatoms. The van der Waals surface area contributed by atoms with Gasteiger partial charge in [-0.15, -0.1) is 0 Å². The SMILES string of the molecule is Cc1cccc(CN2CC[C@H](c3nc4ccc(N5CCOCC5)cn4n3)C2)n1. The van der Waals surface area contributed by atoms with E-state index in [4.69, 9.17) is 14.8 Å². The Morgan fingerprint density at radius 1 is 1.07 bits per heavy atom. The Kier molecular flexibility index (Phi) is 4.70. The first kappa shape index (κ1) is 17.6. The minimum Gasteiger partial charge on any atom is -0.378 e. The van der Waals surface area contributed by atoms with Crippen molar-refractivity contribution in [3.05, 3.63) is 53.7 Å². The number of rotatable bonds is 4. The summed E-state index contributed by atoms with van der Waals surface area (Å²) in [6.07, 6.45) is 3.19. The lowest BCUT2D eigenvalue weighted by Gasteiger charge is -2.28. The summed E-state index contributed by atoms with van der Waals surface area (Å²) in [7, 11) is 0. The summed E-state index contributed by atoms with van der Waals surface area (Å²) in [4.78, 5) is 14.2. The van der Waals surface area contributed by atoms with E-state index in [1.165, 1.54) is 5.69 Å². The molecule has 2 fully saturated rings. The molecule has 0 saturated carbocycles. The molecule has 3 aromatic heterocycles. The van der Waals surface area contributed by atoms with Gasteiger partial charge in [-0.1, -0.05) is 6.07 Å². The summed E-state index contributed by atoms with van der Waals surface area (Å²) in [6.45, 7) is 8.42. The van der Waals surface area contributed by atoms with Gasteiger partial charge in [0.2, 0.25) is 0 Å². The summed E-state index contributed by atoms with van der Waals surface area (Å²) in [5.74, 6) is 1.34. The number of fused-ring (bicyclic) bond motifs is 1. The molecule has 1 atom stereocenters. The number of hydrogen-bond donors (Lipinski definition) is 0. The van der Waals surface area contributed by atoms with Crippen LogP contribution in [0.25, 0.3) is 5.65 Å². The number of ether oxygens (including phenoxy) is 1. The van der Waals surface area contributed by atoms with E-state index in [9.17, 15) is 0 Å². The second kappa shape index (κ2) is 7.48. The van der Waals surface area contributed by atoms with Crippen molar-refractivity contribution in [3.63, 3.8) is 0 Å². The van der Waals surface area contributed by atoms with E-state index < -0.39 is 0 Å². The minimum atomic E-state index is 0.386. The topological polar surface area (TPSA) is 58.8 Å². The van der Waals surface area contributed by atoms with Gasteiger partial charge in [0.15, 0.2) is 11.5 Å². The van der Waals surface area contributed by atoms with Gasteiger partial charge in [0.05, 0.1) is 30.8 Å². The molecular weight excluding hydrogens is 352 g/mol. The highest BCUT2D eigenvalue weighted by molar-refractivity contribution is 5.51. The number of nitrogens with zero attached hydrogens (tertiary/aromatic N) is 6. The molecule has 2 aliphatic rings. The molecule has 0 radical (unpaired) electrons. The van der Waals surface area contributed by atoms with Crippen molar-refractivity contribution in [2.75, 3.05) is 44.3 Å². The van der Waals surface area contributed by atoms with E-state index >= 15 is 0 Å². The van der Waals surface area contributed by atoms with Crippen LogP contribution in [0.15, 0.2) is 36.5 Å². The molecule has 0 aromatic carbocycles. The van der Waals surface area contributed by atoms with Gasteiger partial charge in [0, 0.05) is 37.8 Å². The molecule has 0 bridgehead atoms. The molecule has 5 heterocycles. The number of anilines is 1. The van der Waals surface area contributed by atoms with Crippen LogP contribution in [0.1, 0.15) is 29.6 Å². The fraction of sp³-hybridized carbons (Fsp3) is 0.476. The predicted molar refractivity (Wildman–Crippen MR) is 108 cm³/mol. The average molecular weight is 378 g/mol. The van der Waals surface area contributed by atoms with E-state index in [2.05, 4.69) is 45.2 Å². The Morgan fingerprint density at radius 3 is 2.82 bits per heavy atom. The van der Waals surface area contributed by atoms with Crippen LogP contribution < -0.4 is 4.90 Å². The highest BCUT2D eigenvalue weighted by Gasteiger charge is 2.27. The summed E-state index contributed by atoms with van der Waals surface area (Å²) in [5.41, 5.74) is 4.32. The van der Waals surface area contributed by atoms with Crippen molar-refractivity contribution < 1.29 is 4.74 Å². The maximum atomic E-state index is 5.45. The monoisotopic (exact) mass is 378 g/mol. The quantitative estimate of drug-likeness (QED) is 0.694. The predicted octanol–water partition coefficient (Wildman–Crippen LogP) is 2.26. The average Bonchev–Trinajstić information content (AvgIpc) is 3.35. The highest BCUT2D eigenvalue weighted by atomic mass is 16.5. The van der Waals surface area contributed by atoms with E-state index in [-0.39, 0.29) is 0 Å². The number of likely N-dealkylation sites (tertiary alicyclic amines) is 1. The zero-order valence-electron chi connectivity index (χ0n) is 16.3. The number of morpholine rings is 1. The standard InChI is InChI=1S/C21H26N6O/c1-16-3-2-4-18(22-16)14-25-8-7-17(13-25)21-23-20-6-5-19(15-27(20)24-21)26-9-11-28-12-10-26/h2-6,15,17H,7-14H2,1H3/t17-/m0/s1. The van der Waals surface area contributed by atoms with Crippen molar-refractivity contribution in [2.24, 2.45) is 0 Å². The first-order valence-electron chi connectivity index (χ1n) is 10.1. The Morgan fingerprint density at radius 2 is 1.96 bits per heavy atom. The Labute approximate surface area is 165 Å². The van der Waals surface area contributed by atoms with Gasteiger partial charge < -0.3 is 9.64 Å². The molecule has 5 rings (SSSR count). The third-order valence-corrected chi connectivity index (χ3v) is 5.68. The summed E-state index contributed by atoms with van der Waals surface area (Å²) >= 11 is 0. The van der Waals surface area contributed by atoms with Crippen molar-refractivity contribution in [3.8, 4) is 0 Å². The summed E-state index contributed by atoms with van der Waals surface area (Å²) in [5, 5.41) is 4.81. The van der Waals surface area contributed by atoms with E-state index in [0.29, 0.717) is 5.92 Å². The van der Waals surface area contributed by atoms with Crippen LogP contribution in [-0.4, -0.2) is 63.9 Å². The maximum absolute atomic E-state index is 5.45. The third kappa shape index (κ3) is 3.59. The molecule has 0 amide bonds. The van der Waals surface area contributed by atoms with Crippen molar-refractivity contribution in [2.45, 2.75) is 25.8 Å². The van der Waals surface area contributed by atoms with E-state index in [1.807, 2.05) is 17.5 Å². The van der Waals surface area contributed by atoms with Gasteiger partial charge in [0.25, 0.3) is 0 Å². The second-order valence-corrected chi connectivity index (χ2v) is 7.75. The molecule has 28 heavy (non-hydrogen) atoms. The normalized spacial score (nSPS) is 20.9. The van der Waals surface area contributed by atoms with Crippen molar-refractivity contribution in [1.82, 2.24) is 24.5 Å². The molecule has 0 spiro atoms. The first-order valence-corrected chi connectivity index (χ1v) is 10.1. The fourth-order valence-corrected chi connectivity index (χ4v) is 4.17. The van der Waals surface area contributed by atoms with Gasteiger partial charge in [-0.3, -0.25) is 9.88 Å². The zero-order valence-corrected chi connectivity index (χ0v) is 16.3. The molecule has 7 nitrogen and oxygen atoms in total. The van der Waals surface area contributed by atoms with Crippen LogP contribution in [0.4, 0.5) is 5.69 Å². The van der Waals surface area contributed by atoms with Crippen molar-refractivity contribution in [1.29, 1.82) is 0 Å². The van der Waals surface area contributed by atoms with Crippen LogP contribution in [0, 0.1) is 6.92 Å². The second-order valence-electron chi connectivity index (χ2n) is 7.75. The van der Waals surface area contributed by atoms with Crippen LogP contribution in [0.5, 0.6) is 0 Å². The minimum absolute atomic E-state index is 0.386. The summed E-state index contributed by atoms with van der Waals surface area (Å²) in [6, 6.07) is 10.5.